The average Bonchev–Trinajstić information content (AvgIpc) is 2.78. The highest BCUT2D eigenvalue weighted by molar-refractivity contribution is 6.35. The molecule has 2 unspecified atom stereocenters. The monoisotopic (exact) mass is 472 g/mol. The highest BCUT2D eigenvalue weighted by Crippen LogP contribution is 2.36. The number of rotatable bonds is 10. The van der Waals surface area contributed by atoms with Gasteiger partial charge in [-0.15, -0.1) is 0 Å². The Morgan fingerprint density at radius 1 is 0.875 bits per heavy atom. The van der Waals surface area contributed by atoms with Gasteiger partial charge in [-0.1, -0.05) is 65.7 Å². The zero-order valence-electron chi connectivity index (χ0n) is 19.0. The molecule has 0 aromatic heterocycles. The van der Waals surface area contributed by atoms with Gasteiger partial charge < -0.3 is 14.2 Å². The van der Waals surface area contributed by atoms with E-state index in [-0.39, 0.29) is 12.0 Å². The van der Waals surface area contributed by atoms with Crippen molar-refractivity contribution in [2.75, 3.05) is 7.11 Å². The van der Waals surface area contributed by atoms with Crippen LogP contribution in [0.2, 0.25) is 10.0 Å². The molecule has 3 aromatic rings. The van der Waals surface area contributed by atoms with Crippen molar-refractivity contribution >= 4 is 23.2 Å². The number of halogens is 2. The van der Waals surface area contributed by atoms with Crippen LogP contribution in [-0.4, -0.2) is 18.8 Å². The van der Waals surface area contributed by atoms with E-state index < -0.39 is 5.60 Å². The van der Waals surface area contributed by atoms with E-state index in [4.69, 9.17) is 37.4 Å². The molecule has 32 heavy (non-hydrogen) atoms. The summed E-state index contributed by atoms with van der Waals surface area (Å²) < 4.78 is 18.0. The molecule has 0 aliphatic heterocycles. The minimum absolute atomic E-state index is 0.0647. The number of benzene rings is 3. The van der Waals surface area contributed by atoms with Gasteiger partial charge in [0.05, 0.1) is 24.8 Å². The molecular formula is C27H30Cl2O3. The molecule has 0 aliphatic carbocycles. The maximum Gasteiger partial charge on any atom is 0.138 e. The zero-order chi connectivity index (χ0) is 23.1. The quantitative estimate of drug-likeness (QED) is 0.303. The van der Waals surface area contributed by atoms with Crippen LogP contribution >= 0.6 is 23.2 Å². The van der Waals surface area contributed by atoms with Gasteiger partial charge in [0.25, 0.3) is 0 Å². The summed E-state index contributed by atoms with van der Waals surface area (Å²) in [6.45, 7) is 6.78. The van der Waals surface area contributed by atoms with E-state index in [1.54, 1.807) is 19.2 Å². The van der Waals surface area contributed by atoms with Gasteiger partial charge in [-0.25, -0.2) is 0 Å². The number of ether oxygens (including phenoxy) is 3. The first-order chi connectivity index (χ1) is 15.3. The van der Waals surface area contributed by atoms with Crippen LogP contribution in [0.5, 0.6) is 11.5 Å². The third kappa shape index (κ3) is 6.65. The van der Waals surface area contributed by atoms with Crippen LogP contribution in [0.15, 0.2) is 72.8 Å². The molecular weight excluding hydrogens is 443 g/mol. The third-order valence-electron chi connectivity index (χ3n) is 5.70. The Labute approximate surface area is 201 Å². The van der Waals surface area contributed by atoms with E-state index in [1.807, 2.05) is 36.4 Å². The van der Waals surface area contributed by atoms with Crippen molar-refractivity contribution in [2.24, 2.45) is 5.92 Å². The van der Waals surface area contributed by atoms with Gasteiger partial charge in [-0.05, 0) is 68.7 Å². The number of hydrogen-bond acceptors (Lipinski definition) is 3. The maximum atomic E-state index is 6.44. The molecule has 0 spiro atoms. The minimum Gasteiger partial charge on any atom is -0.497 e. The topological polar surface area (TPSA) is 27.7 Å². The van der Waals surface area contributed by atoms with Crippen LogP contribution in [0.25, 0.3) is 0 Å². The normalized spacial score (nSPS) is 13.4. The Morgan fingerprint density at radius 3 is 2.19 bits per heavy atom. The minimum atomic E-state index is -0.549. The molecule has 170 valence electrons. The van der Waals surface area contributed by atoms with Gasteiger partial charge in [-0.3, -0.25) is 0 Å². The standard InChI is InChI=1S/C27H30Cl2O3/c1-19(31-18-21-10-13-23(30-4)14-11-21)24(16-20-8-6-5-7-9-20)27(2,3)32-26-15-12-22(28)17-25(26)29/h5-15,17,19,24H,16,18H2,1-4H3. The van der Waals surface area contributed by atoms with E-state index in [2.05, 4.69) is 45.0 Å². The smallest absolute Gasteiger partial charge is 0.138 e. The van der Waals surface area contributed by atoms with Crippen LogP contribution in [-0.2, 0) is 17.8 Å². The van der Waals surface area contributed by atoms with Crippen molar-refractivity contribution < 1.29 is 14.2 Å². The lowest BCUT2D eigenvalue weighted by Gasteiger charge is -2.39. The van der Waals surface area contributed by atoms with Crippen LogP contribution in [0.4, 0.5) is 0 Å². The summed E-state index contributed by atoms with van der Waals surface area (Å²) in [5.74, 6) is 1.51. The molecule has 0 fully saturated rings. The van der Waals surface area contributed by atoms with E-state index in [9.17, 15) is 0 Å². The first-order valence-corrected chi connectivity index (χ1v) is 11.5. The summed E-state index contributed by atoms with van der Waals surface area (Å²) >= 11 is 12.5. The summed E-state index contributed by atoms with van der Waals surface area (Å²) in [6.07, 6.45) is 0.737. The maximum absolute atomic E-state index is 6.44. The van der Waals surface area contributed by atoms with Crippen LogP contribution in [0, 0.1) is 5.92 Å². The van der Waals surface area contributed by atoms with E-state index in [0.717, 1.165) is 17.7 Å². The van der Waals surface area contributed by atoms with Gasteiger partial charge in [0.2, 0.25) is 0 Å². The second-order valence-electron chi connectivity index (χ2n) is 8.44. The van der Waals surface area contributed by atoms with Crippen LogP contribution in [0.1, 0.15) is 31.9 Å². The van der Waals surface area contributed by atoms with Gasteiger partial charge in [0.1, 0.15) is 17.1 Å². The molecule has 0 saturated heterocycles. The molecule has 3 nitrogen and oxygen atoms in total. The summed E-state index contributed by atoms with van der Waals surface area (Å²) in [5.41, 5.74) is 1.78. The fourth-order valence-electron chi connectivity index (χ4n) is 3.83. The van der Waals surface area contributed by atoms with Gasteiger partial charge in [0.15, 0.2) is 0 Å². The second-order valence-corrected chi connectivity index (χ2v) is 9.28. The predicted octanol–water partition coefficient (Wildman–Crippen LogP) is 7.62. The third-order valence-corrected chi connectivity index (χ3v) is 6.23. The Bertz CT molecular complexity index is 988. The molecule has 0 N–H and O–H groups in total. The van der Waals surface area contributed by atoms with Crippen LogP contribution in [0.3, 0.4) is 0 Å². The molecule has 5 heteroatoms. The van der Waals surface area contributed by atoms with Gasteiger partial charge >= 0.3 is 0 Å². The van der Waals surface area contributed by atoms with Gasteiger partial charge in [-0.2, -0.15) is 0 Å². The Hall–Kier alpha value is -2.20. The summed E-state index contributed by atoms with van der Waals surface area (Å²) in [5, 5.41) is 1.08. The van der Waals surface area contributed by atoms with Crippen molar-refractivity contribution in [2.45, 2.75) is 45.5 Å². The molecule has 0 saturated carbocycles. The van der Waals surface area contributed by atoms with Crippen LogP contribution < -0.4 is 9.47 Å². The second kappa shape index (κ2) is 11.1. The predicted molar refractivity (Wildman–Crippen MR) is 132 cm³/mol. The lowest BCUT2D eigenvalue weighted by Crippen LogP contribution is -2.45. The lowest BCUT2D eigenvalue weighted by molar-refractivity contribution is -0.0622. The SMILES string of the molecule is COc1ccc(COC(C)C(Cc2ccccc2)C(C)(C)Oc2ccc(Cl)cc2Cl)cc1. The first kappa shape index (κ1) is 24.4. The summed E-state index contributed by atoms with van der Waals surface area (Å²) in [7, 11) is 1.66. The van der Waals surface area contributed by atoms with Crippen molar-refractivity contribution in [3.8, 4) is 11.5 Å². The lowest BCUT2D eigenvalue weighted by atomic mass is 9.81. The molecule has 3 aromatic carbocycles. The summed E-state index contributed by atoms with van der Waals surface area (Å²) in [6, 6.07) is 23.6. The Kier molecular flexibility index (Phi) is 8.47. The van der Waals surface area contributed by atoms with E-state index in [0.29, 0.717) is 22.4 Å². The van der Waals surface area contributed by atoms with Crippen molar-refractivity contribution in [1.29, 1.82) is 0 Å². The molecule has 0 radical (unpaired) electrons. The average molecular weight is 473 g/mol. The van der Waals surface area contributed by atoms with E-state index in [1.165, 1.54) is 5.56 Å². The molecule has 0 aliphatic rings. The van der Waals surface area contributed by atoms with Crippen molar-refractivity contribution in [3.63, 3.8) is 0 Å². The van der Waals surface area contributed by atoms with E-state index >= 15 is 0 Å². The molecule has 0 amide bonds. The fourth-order valence-corrected chi connectivity index (χ4v) is 4.27. The fraction of sp³-hybridized carbons (Fsp3) is 0.333. The Balaban J connectivity index is 1.79. The molecule has 0 bridgehead atoms. The molecule has 0 heterocycles. The zero-order valence-corrected chi connectivity index (χ0v) is 20.5. The highest BCUT2D eigenvalue weighted by atomic mass is 35.5. The Morgan fingerprint density at radius 2 is 1.56 bits per heavy atom. The number of hydrogen-bond donors (Lipinski definition) is 0. The highest BCUT2D eigenvalue weighted by Gasteiger charge is 2.37. The van der Waals surface area contributed by atoms with Gasteiger partial charge in [0, 0.05) is 10.9 Å². The molecule has 2 atom stereocenters. The van der Waals surface area contributed by atoms with Crippen molar-refractivity contribution in [3.05, 3.63) is 94.0 Å². The molecule has 3 rings (SSSR count). The number of methoxy groups -OCH3 is 1. The largest absolute Gasteiger partial charge is 0.497 e. The first-order valence-electron chi connectivity index (χ1n) is 10.7. The van der Waals surface area contributed by atoms with Crippen molar-refractivity contribution in [1.82, 2.24) is 0 Å². The summed E-state index contributed by atoms with van der Waals surface area (Å²) in [4.78, 5) is 0.